The van der Waals surface area contributed by atoms with Gasteiger partial charge in [0, 0.05) is 12.6 Å². The largest absolute Gasteiger partial charge is 0.444 e. The van der Waals surface area contributed by atoms with E-state index in [1.807, 2.05) is 45.9 Å². The van der Waals surface area contributed by atoms with Gasteiger partial charge in [0.1, 0.15) is 17.7 Å². The van der Waals surface area contributed by atoms with Gasteiger partial charge in [-0.1, -0.05) is 65.2 Å². The van der Waals surface area contributed by atoms with E-state index in [0.29, 0.717) is 13.0 Å². The fourth-order valence-electron chi connectivity index (χ4n) is 4.62. The topological polar surface area (TPSA) is 87.7 Å². The van der Waals surface area contributed by atoms with Crippen molar-refractivity contribution in [1.82, 2.24) is 15.5 Å². The van der Waals surface area contributed by atoms with Crippen LogP contribution in [0.1, 0.15) is 103 Å². The smallest absolute Gasteiger partial charge is 0.408 e. The van der Waals surface area contributed by atoms with E-state index in [4.69, 9.17) is 4.74 Å². The molecule has 0 radical (unpaired) electrons. The van der Waals surface area contributed by atoms with Crippen molar-refractivity contribution < 1.29 is 19.1 Å². The minimum Gasteiger partial charge on any atom is -0.444 e. The summed E-state index contributed by atoms with van der Waals surface area (Å²) < 4.78 is 5.49. The summed E-state index contributed by atoms with van der Waals surface area (Å²) in [6, 6.07) is 4.28. The summed E-state index contributed by atoms with van der Waals surface area (Å²) >= 11 is 0. The van der Waals surface area contributed by atoms with Gasteiger partial charge in [-0.05, 0) is 76.0 Å². The number of carbonyl (C=O) groups is 3. The molecule has 1 aliphatic rings. The molecule has 37 heavy (non-hydrogen) atoms. The molecule has 0 aromatic heterocycles. The van der Waals surface area contributed by atoms with E-state index in [2.05, 4.69) is 24.5 Å². The van der Waals surface area contributed by atoms with Crippen LogP contribution in [-0.4, -0.2) is 47.0 Å². The lowest BCUT2D eigenvalue weighted by molar-refractivity contribution is -0.144. The highest BCUT2D eigenvalue weighted by Crippen LogP contribution is 2.42. The number of nitrogens with one attached hydrogen (secondary N) is 2. The monoisotopic (exact) mass is 515 g/mol. The molecule has 7 heteroatoms. The highest BCUT2D eigenvalue weighted by molar-refractivity contribution is 5.93. The van der Waals surface area contributed by atoms with Crippen LogP contribution in [0.2, 0.25) is 0 Å². The average Bonchev–Trinajstić information content (AvgIpc) is 3.54. The van der Waals surface area contributed by atoms with E-state index in [1.165, 1.54) is 0 Å². The fourth-order valence-corrected chi connectivity index (χ4v) is 4.62. The molecule has 0 aliphatic heterocycles. The third-order valence-corrected chi connectivity index (χ3v) is 7.38. The highest BCUT2D eigenvalue weighted by atomic mass is 16.6. The summed E-state index contributed by atoms with van der Waals surface area (Å²) in [4.78, 5) is 42.7. The van der Waals surface area contributed by atoms with Gasteiger partial charge in [-0.3, -0.25) is 9.59 Å². The van der Waals surface area contributed by atoms with Crippen LogP contribution < -0.4 is 10.6 Å². The SMILES string of the molecule is CCCCCNC(=O)C(c1cccc(C)c1C)N(C(=O)C(NC(=O)OC(C)(C)C)C(C)CC)C1CC1C. The molecule has 0 saturated heterocycles. The van der Waals surface area contributed by atoms with E-state index >= 15 is 0 Å². The first-order valence-electron chi connectivity index (χ1n) is 14.0. The second-order valence-electron chi connectivity index (χ2n) is 11.7. The van der Waals surface area contributed by atoms with Crippen LogP contribution in [0, 0.1) is 25.7 Å². The van der Waals surface area contributed by atoms with Gasteiger partial charge in [-0.2, -0.15) is 0 Å². The van der Waals surface area contributed by atoms with Crippen molar-refractivity contribution in [3.63, 3.8) is 0 Å². The first-order valence-corrected chi connectivity index (χ1v) is 14.0. The van der Waals surface area contributed by atoms with Crippen molar-refractivity contribution >= 4 is 17.9 Å². The summed E-state index contributed by atoms with van der Waals surface area (Å²) in [5, 5.41) is 5.95. The van der Waals surface area contributed by atoms with Crippen LogP contribution in [-0.2, 0) is 14.3 Å². The van der Waals surface area contributed by atoms with Crippen LogP contribution >= 0.6 is 0 Å². The summed E-state index contributed by atoms with van der Waals surface area (Å²) in [5.74, 6) is -0.256. The van der Waals surface area contributed by atoms with Crippen molar-refractivity contribution in [3.8, 4) is 0 Å². The highest BCUT2D eigenvalue weighted by Gasteiger charge is 2.49. The van der Waals surface area contributed by atoms with E-state index in [-0.39, 0.29) is 29.7 Å². The molecule has 2 rings (SSSR count). The van der Waals surface area contributed by atoms with Crippen LogP contribution in [0.25, 0.3) is 0 Å². The van der Waals surface area contributed by atoms with Crippen LogP contribution in [0.4, 0.5) is 4.79 Å². The molecule has 7 nitrogen and oxygen atoms in total. The van der Waals surface area contributed by atoms with E-state index in [0.717, 1.165) is 42.4 Å². The zero-order chi connectivity index (χ0) is 27.9. The van der Waals surface area contributed by atoms with Crippen LogP contribution in [0.3, 0.4) is 0 Å². The van der Waals surface area contributed by atoms with Crippen LogP contribution in [0.5, 0.6) is 0 Å². The maximum absolute atomic E-state index is 14.3. The third kappa shape index (κ3) is 8.47. The Hall–Kier alpha value is -2.57. The normalized spacial score (nSPS) is 19.4. The standard InChI is InChI=1S/C30H49N3O4/c1-10-12-13-17-31-27(34)26(23-16-14-15-20(4)22(23)6)33(24-18-21(24)5)28(35)25(19(3)11-2)32-29(36)37-30(7,8)9/h14-16,19,21,24-26H,10-13,17-18H2,1-9H3,(H,31,34)(H,32,36). The van der Waals surface area contributed by atoms with Gasteiger partial charge in [-0.15, -0.1) is 0 Å². The van der Waals surface area contributed by atoms with Gasteiger partial charge < -0.3 is 20.3 Å². The first-order chi connectivity index (χ1) is 17.3. The molecular formula is C30H49N3O4. The Labute approximate surface area is 224 Å². The summed E-state index contributed by atoms with van der Waals surface area (Å²) in [5.41, 5.74) is 2.23. The van der Waals surface area contributed by atoms with E-state index in [1.54, 1.807) is 25.7 Å². The molecule has 0 bridgehead atoms. The molecule has 1 aromatic rings. The Kier molecular flexibility index (Phi) is 11.0. The van der Waals surface area contributed by atoms with Crippen molar-refractivity contribution in [2.45, 2.75) is 118 Å². The van der Waals surface area contributed by atoms with Gasteiger partial charge in [0.25, 0.3) is 0 Å². The maximum atomic E-state index is 14.3. The third-order valence-electron chi connectivity index (χ3n) is 7.38. The maximum Gasteiger partial charge on any atom is 0.408 e. The number of nitrogens with zero attached hydrogens (tertiary/aromatic N) is 1. The number of carbonyl (C=O) groups excluding carboxylic acids is 3. The molecule has 0 heterocycles. The number of benzene rings is 1. The van der Waals surface area contributed by atoms with Crippen LogP contribution in [0.15, 0.2) is 18.2 Å². The minimum absolute atomic E-state index is 0.0641. The lowest BCUT2D eigenvalue weighted by Crippen LogP contribution is -2.56. The van der Waals surface area contributed by atoms with E-state index in [9.17, 15) is 14.4 Å². The second-order valence-corrected chi connectivity index (χ2v) is 11.7. The Morgan fingerprint density at radius 3 is 2.32 bits per heavy atom. The molecule has 1 aromatic carbocycles. The van der Waals surface area contributed by atoms with Gasteiger partial charge in [0.15, 0.2) is 0 Å². The molecule has 1 aliphatic carbocycles. The molecule has 0 spiro atoms. The lowest BCUT2D eigenvalue weighted by atomic mass is 9.92. The van der Waals surface area contributed by atoms with Crippen molar-refractivity contribution in [3.05, 3.63) is 34.9 Å². The Bertz CT molecular complexity index is 939. The number of hydrogen-bond acceptors (Lipinski definition) is 4. The number of amides is 3. The predicted octanol–water partition coefficient (Wildman–Crippen LogP) is 5.83. The number of hydrogen-bond donors (Lipinski definition) is 2. The number of unbranched alkanes of at least 4 members (excludes halogenated alkanes) is 2. The summed E-state index contributed by atoms with van der Waals surface area (Å²) in [7, 11) is 0. The number of rotatable bonds is 12. The Morgan fingerprint density at radius 1 is 1.14 bits per heavy atom. The summed E-state index contributed by atoms with van der Waals surface area (Å²) in [6.07, 6.45) is 3.89. The average molecular weight is 516 g/mol. The van der Waals surface area contributed by atoms with Gasteiger partial charge in [0.05, 0.1) is 0 Å². The first kappa shape index (κ1) is 30.7. The quantitative estimate of drug-likeness (QED) is 0.343. The predicted molar refractivity (Wildman–Crippen MR) is 148 cm³/mol. The van der Waals surface area contributed by atoms with Crippen molar-refractivity contribution in [1.29, 1.82) is 0 Å². The number of ether oxygens (including phenoxy) is 1. The molecule has 5 unspecified atom stereocenters. The summed E-state index contributed by atoms with van der Waals surface area (Å²) in [6.45, 7) is 18.2. The molecule has 2 N–H and O–H groups in total. The fraction of sp³-hybridized carbons (Fsp3) is 0.700. The zero-order valence-corrected chi connectivity index (χ0v) is 24.4. The number of alkyl carbamates (subject to hydrolysis) is 1. The molecule has 5 atom stereocenters. The molecule has 1 fully saturated rings. The Balaban J connectivity index is 2.51. The molecule has 3 amide bonds. The van der Waals surface area contributed by atoms with Gasteiger partial charge >= 0.3 is 6.09 Å². The second kappa shape index (κ2) is 13.3. The Morgan fingerprint density at radius 2 is 1.78 bits per heavy atom. The molecule has 1 saturated carbocycles. The molecular weight excluding hydrogens is 466 g/mol. The van der Waals surface area contributed by atoms with Gasteiger partial charge in [-0.25, -0.2) is 4.79 Å². The lowest BCUT2D eigenvalue weighted by Gasteiger charge is -2.37. The molecule has 208 valence electrons. The zero-order valence-electron chi connectivity index (χ0n) is 24.4. The van der Waals surface area contributed by atoms with Gasteiger partial charge in [0.2, 0.25) is 11.8 Å². The van der Waals surface area contributed by atoms with Crippen molar-refractivity contribution in [2.75, 3.05) is 6.54 Å². The number of aryl methyl sites for hydroxylation is 1. The van der Waals surface area contributed by atoms with E-state index < -0.39 is 23.8 Å². The minimum atomic E-state index is -0.798. The van der Waals surface area contributed by atoms with Crippen molar-refractivity contribution in [2.24, 2.45) is 11.8 Å².